The van der Waals surface area contributed by atoms with Crippen molar-refractivity contribution in [2.24, 2.45) is 0 Å². The standard InChI is InChI=1S/C14H22O2/c15-12-6-2-5-9-14(12)11-10-13(16-14)7-3-1-4-8-13/h10-12,15H,1-9H2/t12-,14+/m0/s1. The van der Waals surface area contributed by atoms with E-state index in [1.165, 1.54) is 25.7 Å². The third-order valence-electron chi connectivity index (χ3n) is 4.62. The molecule has 2 saturated carbocycles. The van der Waals surface area contributed by atoms with Crippen LogP contribution >= 0.6 is 0 Å². The minimum absolute atomic E-state index is 0.0173. The van der Waals surface area contributed by atoms with Crippen molar-refractivity contribution in [2.45, 2.75) is 75.1 Å². The molecule has 0 saturated heterocycles. The quantitative estimate of drug-likeness (QED) is 0.638. The Morgan fingerprint density at radius 1 is 0.938 bits per heavy atom. The lowest BCUT2D eigenvalue weighted by atomic mass is 9.82. The molecule has 2 spiro atoms. The van der Waals surface area contributed by atoms with E-state index < -0.39 is 0 Å². The van der Waals surface area contributed by atoms with E-state index >= 15 is 0 Å². The van der Waals surface area contributed by atoms with Crippen LogP contribution in [0.25, 0.3) is 0 Å². The van der Waals surface area contributed by atoms with Gasteiger partial charge in [0.25, 0.3) is 0 Å². The van der Waals surface area contributed by atoms with Crippen LogP contribution in [-0.4, -0.2) is 22.4 Å². The van der Waals surface area contributed by atoms with Crippen LogP contribution in [0.3, 0.4) is 0 Å². The van der Waals surface area contributed by atoms with E-state index in [2.05, 4.69) is 12.2 Å². The Hall–Kier alpha value is -0.340. The number of aliphatic hydroxyl groups is 1. The van der Waals surface area contributed by atoms with Gasteiger partial charge < -0.3 is 9.84 Å². The molecule has 0 radical (unpaired) electrons. The molecule has 0 aromatic rings. The predicted octanol–water partition coefficient (Wildman–Crippen LogP) is 2.95. The Bertz CT molecular complexity index is 291. The van der Waals surface area contributed by atoms with Gasteiger partial charge in [0.1, 0.15) is 5.60 Å². The summed E-state index contributed by atoms with van der Waals surface area (Å²) in [5, 5.41) is 10.2. The van der Waals surface area contributed by atoms with Crippen molar-refractivity contribution in [3.05, 3.63) is 12.2 Å². The van der Waals surface area contributed by atoms with Crippen LogP contribution in [0, 0.1) is 0 Å². The number of aliphatic hydroxyl groups excluding tert-OH is 1. The van der Waals surface area contributed by atoms with E-state index in [1.54, 1.807) is 0 Å². The van der Waals surface area contributed by atoms with Crippen LogP contribution < -0.4 is 0 Å². The molecule has 3 aliphatic rings. The molecular weight excluding hydrogens is 200 g/mol. The average Bonchev–Trinajstić information content (AvgIpc) is 2.65. The summed E-state index contributed by atoms with van der Waals surface area (Å²) >= 11 is 0. The van der Waals surface area contributed by atoms with Crippen LogP contribution in [-0.2, 0) is 4.74 Å². The second kappa shape index (κ2) is 3.85. The highest BCUT2D eigenvalue weighted by atomic mass is 16.5. The summed E-state index contributed by atoms with van der Waals surface area (Å²) in [7, 11) is 0. The number of hydrogen-bond acceptors (Lipinski definition) is 2. The molecule has 2 heteroatoms. The highest BCUT2D eigenvalue weighted by Gasteiger charge is 2.49. The summed E-state index contributed by atoms with van der Waals surface area (Å²) in [4.78, 5) is 0. The molecule has 2 atom stereocenters. The molecular formula is C14H22O2. The fraction of sp³-hybridized carbons (Fsp3) is 0.857. The average molecular weight is 222 g/mol. The molecule has 0 unspecified atom stereocenters. The van der Waals surface area contributed by atoms with Crippen LogP contribution in [0.1, 0.15) is 57.8 Å². The maximum Gasteiger partial charge on any atom is 0.113 e. The molecule has 2 aliphatic carbocycles. The first-order valence-electron chi connectivity index (χ1n) is 6.83. The Morgan fingerprint density at radius 3 is 2.44 bits per heavy atom. The third kappa shape index (κ3) is 1.63. The fourth-order valence-corrected chi connectivity index (χ4v) is 3.62. The van der Waals surface area contributed by atoms with Gasteiger partial charge in [0.15, 0.2) is 0 Å². The molecule has 3 rings (SSSR count). The minimum atomic E-state index is -0.324. The molecule has 1 aliphatic heterocycles. The van der Waals surface area contributed by atoms with E-state index in [9.17, 15) is 5.11 Å². The normalized spacial score (nSPS) is 41.9. The minimum Gasteiger partial charge on any atom is -0.390 e. The highest BCUT2D eigenvalue weighted by molar-refractivity contribution is 5.21. The molecule has 0 bridgehead atoms. The number of rotatable bonds is 0. The summed E-state index contributed by atoms with van der Waals surface area (Å²) in [6, 6.07) is 0. The molecule has 0 aromatic carbocycles. The molecule has 0 amide bonds. The van der Waals surface area contributed by atoms with Gasteiger partial charge >= 0.3 is 0 Å². The fourth-order valence-electron chi connectivity index (χ4n) is 3.62. The van der Waals surface area contributed by atoms with Gasteiger partial charge in [-0.05, 0) is 25.7 Å². The second-order valence-electron chi connectivity index (χ2n) is 5.78. The Labute approximate surface area is 97.7 Å². The molecule has 2 fully saturated rings. The molecule has 1 N–H and O–H groups in total. The van der Waals surface area contributed by atoms with Crippen molar-refractivity contribution in [3.8, 4) is 0 Å². The van der Waals surface area contributed by atoms with Crippen molar-refractivity contribution in [1.82, 2.24) is 0 Å². The van der Waals surface area contributed by atoms with Gasteiger partial charge in [0.05, 0.1) is 11.7 Å². The number of hydrogen-bond donors (Lipinski definition) is 1. The first-order chi connectivity index (χ1) is 7.75. The second-order valence-corrected chi connectivity index (χ2v) is 5.78. The summed E-state index contributed by atoms with van der Waals surface area (Å²) in [6.07, 6.45) is 14.6. The predicted molar refractivity (Wildman–Crippen MR) is 63.2 cm³/mol. The topological polar surface area (TPSA) is 29.5 Å². The van der Waals surface area contributed by atoms with Gasteiger partial charge in [-0.25, -0.2) is 0 Å². The van der Waals surface area contributed by atoms with Gasteiger partial charge in [0.2, 0.25) is 0 Å². The van der Waals surface area contributed by atoms with Crippen molar-refractivity contribution in [2.75, 3.05) is 0 Å². The highest BCUT2D eigenvalue weighted by Crippen LogP contribution is 2.47. The van der Waals surface area contributed by atoms with Gasteiger partial charge in [-0.2, -0.15) is 0 Å². The van der Waals surface area contributed by atoms with Gasteiger partial charge in [-0.3, -0.25) is 0 Å². The van der Waals surface area contributed by atoms with E-state index in [1.807, 2.05) is 0 Å². The summed E-state index contributed by atoms with van der Waals surface area (Å²) in [5.41, 5.74) is -0.341. The molecule has 1 heterocycles. The lowest BCUT2D eigenvalue weighted by Gasteiger charge is -2.42. The Morgan fingerprint density at radius 2 is 1.69 bits per heavy atom. The SMILES string of the molecule is O[C@H]1CCCC[C@@]12C=CC1(CCCCC1)O2. The summed E-state index contributed by atoms with van der Waals surface area (Å²) in [6.45, 7) is 0. The molecule has 2 nitrogen and oxygen atoms in total. The maximum absolute atomic E-state index is 10.2. The first kappa shape index (κ1) is 10.8. The lowest BCUT2D eigenvalue weighted by Crippen LogP contribution is -2.48. The van der Waals surface area contributed by atoms with Crippen molar-refractivity contribution in [1.29, 1.82) is 0 Å². The zero-order chi connectivity index (χ0) is 11.1. The van der Waals surface area contributed by atoms with E-state index in [4.69, 9.17) is 4.74 Å². The Balaban J connectivity index is 1.78. The monoisotopic (exact) mass is 222 g/mol. The van der Waals surface area contributed by atoms with Crippen molar-refractivity contribution < 1.29 is 9.84 Å². The van der Waals surface area contributed by atoms with Gasteiger partial charge in [-0.1, -0.05) is 44.3 Å². The van der Waals surface area contributed by atoms with E-state index in [0.717, 1.165) is 32.1 Å². The van der Waals surface area contributed by atoms with Crippen LogP contribution in [0.5, 0.6) is 0 Å². The van der Waals surface area contributed by atoms with Crippen LogP contribution in [0.4, 0.5) is 0 Å². The molecule has 0 aromatic heterocycles. The maximum atomic E-state index is 10.2. The van der Waals surface area contributed by atoms with Gasteiger partial charge in [0, 0.05) is 0 Å². The van der Waals surface area contributed by atoms with E-state index in [0.29, 0.717) is 0 Å². The van der Waals surface area contributed by atoms with Crippen molar-refractivity contribution in [3.63, 3.8) is 0 Å². The van der Waals surface area contributed by atoms with E-state index in [-0.39, 0.29) is 17.3 Å². The smallest absolute Gasteiger partial charge is 0.113 e. The summed E-state index contributed by atoms with van der Waals surface area (Å²) in [5.74, 6) is 0. The summed E-state index contributed by atoms with van der Waals surface area (Å²) < 4.78 is 6.37. The zero-order valence-electron chi connectivity index (χ0n) is 9.95. The van der Waals surface area contributed by atoms with Crippen molar-refractivity contribution >= 4 is 0 Å². The van der Waals surface area contributed by atoms with Crippen LogP contribution in [0.15, 0.2) is 12.2 Å². The number of ether oxygens (including phenoxy) is 1. The molecule has 90 valence electrons. The molecule has 16 heavy (non-hydrogen) atoms. The Kier molecular flexibility index (Phi) is 2.60. The lowest BCUT2D eigenvalue weighted by molar-refractivity contribution is -0.166. The van der Waals surface area contributed by atoms with Gasteiger partial charge in [-0.15, -0.1) is 0 Å². The third-order valence-corrected chi connectivity index (χ3v) is 4.62. The first-order valence-corrected chi connectivity index (χ1v) is 6.83. The van der Waals surface area contributed by atoms with Crippen LogP contribution in [0.2, 0.25) is 0 Å². The largest absolute Gasteiger partial charge is 0.390 e. The zero-order valence-corrected chi connectivity index (χ0v) is 9.95.